The van der Waals surface area contributed by atoms with Crippen molar-refractivity contribution >= 4 is 16.5 Å². The van der Waals surface area contributed by atoms with Crippen LogP contribution in [0.2, 0.25) is 0 Å². The van der Waals surface area contributed by atoms with Crippen LogP contribution in [0.25, 0.3) is 21.9 Å². The fourth-order valence-corrected chi connectivity index (χ4v) is 3.10. The fraction of sp³-hybridized carbons (Fsp3) is 0.261. The van der Waals surface area contributed by atoms with Gasteiger partial charge in [0.2, 0.25) is 0 Å². The molecule has 3 aromatic rings. The van der Waals surface area contributed by atoms with E-state index in [1.807, 2.05) is 43.7 Å². The molecule has 4 rings (SSSR count). The maximum atomic E-state index is 10.0. The van der Waals surface area contributed by atoms with Crippen molar-refractivity contribution in [3.63, 3.8) is 0 Å². The summed E-state index contributed by atoms with van der Waals surface area (Å²) in [6, 6.07) is 16.5. The second-order valence-corrected chi connectivity index (χ2v) is 6.65. The van der Waals surface area contributed by atoms with Gasteiger partial charge >= 0.3 is 0 Å². The van der Waals surface area contributed by atoms with E-state index in [0.29, 0.717) is 12.2 Å². The molecule has 0 saturated heterocycles. The SMILES string of the molecule is Cc1[c-]cccc1C#N.Cc1nc(=[N-])c2cc(C3=CCOCC3)ccc2n1C.[Tm]. The molecule has 0 amide bonds. The Labute approximate surface area is 200 Å². The van der Waals surface area contributed by atoms with Crippen LogP contribution in [-0.4, -0.2) is 22.8 Å². The predicted molar refractivity (Wildman–Crippen MR) is 110 cm³/mol. The fourth-order valence-electron chi connectivity index (χ4n) is 3.10. The van der Waals surface area contributed by atoms with Crippen LogP contribution < -0.4 is 5.49 Å². The zero-order valence-corrected chi connectivity index (χ0v) is 18.4. The Bertz CT molecular complexity index is 1140. The van der Waals surface area contributed by atoms with Crippen LogP contribution in [0.5, 0.6) is 0 Å². The largest absolute Gasteiger partial charge is 0.464 e. The first-order chi connectivity index (χ1) is 13.5. The Morgan fingerprint density at radius 2 is 2.07 bits per heavy atom. The predicted octanol–water partition coefficient (Wildman–Crippen LogP) is 3.82. The van der Waals surface area contributed by atoms with Gasteiger partial charge in [0.25, 0.3) is 0 Å². The zero-order valence-electron chi connectivity index (χ0n) is 16.6. The third-order valence-corrected chi connectivity index (χ3v) is 4.87. The molecule has 0 spiro atoms. The summed E-state index contributed by atoms with van der Waals surface area (Å²) >= 11 is 0. The molecule has 155 valence electrons. The summed E-state index contributed by atoms with van der Waals surface area (Å²) in [6.45, 7) is 5.18. The molecule has 0 saturated carbocycles. The van der Waals surface area contributed by atoms with Crippen LogP contribution in [0.15, 0.2) is 42.5 Å². The molecule has 1 aliphatic rings. The Morgan fingerprint density at radius 3 is 2.69 bits per heavy atom. The molecule has 1 aliphatic heterocycles. The molecule has 2 aromatic carbocycles. The molecular weight excluding hydrogens is 517 g/mol. The van der Waals surface area contributed by atoms with Crippen molar-refractivity contribution in [3.8, 4) is 6.07 Å². The van der Waals surface area contributed by atoms with Gasteiger partial charge in [-0.05, 0) is 42.0 Å². The van der Waals surface area contributed by atoms with Crippen molar-refractivity contribution in [2.75, 3.05) is 13.2 Å². The van der Waals surface area contributed by atoms with E-state index in [4.69, 9.17) is 10.00 Å². The number of nitriles is 1. The minimum absolute atomic E-state index is 0. The number of hydrogen-bond donors (Lipinski definition) is 0. The molecule has 0 fully saturated rings. The Kier molecular flexibility index (Phi) is 8.58. The van der Waals surface area contributed by atoms with Crippen LogP contribution in [0.4, 0.5) is 0 Å². The third kappa shape index (κ3) is 5.54. The quantitative estimate of drug-likeness (QED) is 0.442. The van der Waals surface area contributed by atoms with Crippen LogP contribution in [0, 0.1) is 68.1 Å². The molecule has 0 aliphatic carbocycles. The summed E-state index contributed by atoms with van der Waals surface area (Å²) in [7, 11) is 1.96. The number of rotatable bonds is 1. The number of benzene rings is 2. The minimum Gasteiger partial charge on any atom is -0.464 e. The molecule has 0 atom stereocenters. The van der Waals surface area contributed by atoms with Crippen molar-refractivity contribution in [1.82, 2.24) is 9.55 Å². The van der Waals surface area contributed by atoms with Crippen LogP contribution in [0.3, 0.4) is 0 Å². The van der Waals surface area contributed by atoms with Gasteiger partial charge in [0.05, 0.1) is 13.2 Å². The summed E-state index contributed by atoms with van der Waals surface area (Å²) in [4.78, 5) is 4.16. The van der Waals surface area contributed by atoms with Gasteiger partial charge in [0.1, 0.15) is 0 Å². The topological polar surface area (TPSA) is 73.1 Å². The van der Waals surface area contributed by atoms with Crippen molar-refractivity contribution in [2.45, 2.75) is 20.3 Å². The van der Waals surface area contributed by atoms with Crippen molar-refractivity contribution in [1.29, 1.82) is 5.26 Å². The molecule has 0 N–H and O–H groups in total. The summed E-state index contributed by atoms with van der Waals surface area (Å²) in [5.74, 6) is 0.794. The van der Waals surface area contributed by atoms with E-state index in [9.17, 15) is 5.41 Å². The molecule has 5 nitrogen and oxygen atoms in total. The summed E-state index contributed by atoms with van der Waals surface area (Å²) < 4.78 is 7.31. The maximum Gasteiger partial charge on any atom is 0.0653 e. The maximum absolute atomic E-state index is 10.0. The number of aryl methyl sites for hydroxylation is 3. The van der Waals surface area contributed by atoms with Crippen molar-refractivity contribution < 1.29 is 41.6 Å². The van der Waals surface area contributed by atoms with E-state index in [2.05, 4.69) is 29.3 Å². The second kappa shape index (κ2) is 10.7. The van der Waals surface area contributed by atoms with E-state index >= 15 is 0 Å². The summed E-state index contributed by atoms with van der Waals surface area (Å²) in [5, 5.41) is 19.3. The van der Waals surface area contributed by atoms with Gasteiger partial charge in [0, 0.05) is 61.3 Å². The second-order valence-electron chi connectivity index (χ2n) is 6.65. The van der Waals surface area contributed by atoms with Crippen LogP contribution in [0.1, 0.15) is 28.9 Å². The Balaban J connectivity index is 0.000000255. The summed E-state index contributed by atoms with van der Waals surface area (Å²) in [5.41, 5.74) is 5.12. The first-order valence-corrected chi connectivity index (χ1v) is 9.15. The number of aromatic nitrogens is 2. The smallest absolute Gasteiger partial charge is 0.0653 e. The van der Waals surface area contributed by atoms with Crippen molar-refractivity contribution in [2.24, 2.45) is 7.05 Å². The van der Waals surface area contributed by atoms with Gasteiger partial charge in [0.15, 0.2) is 0 Å². The Hall–Kier alpha value is -2.00. The molecule has 0 unspecified atom stereocenters. The van der Waals surface area contributed by atoms with Gasteiger partial charge in [-0.25, -0.2) is 5.26 Å². The molecule has 1 aromatic heterocycles. The van der Waals surface area contributed by atoms with Crippen LogP contribution in [-0.2, 0) is 11.8 Å². The van der Waals surface area contributed by atoms with Gasteiger partial charge in [-0.3, -0.25) is 0 Å². The number of fused-ring (bicyclic) bond motifs is 1. The third-order valence-electron chi connectivity index (χ3n) is 4.87. The van der Waals surface area contributed by atoms with E-state index in [0.717, 1.165) is 40.9 Å². The molecule has 2 heterocycles. The standard InChI is InChI=1S/C15H16N3O.C8H6N.Tm/c1-10-17-15(16)13-9-12(3-4-14(13)18(10)2)11-5-7-19-8-6-11;1-7-4-2-3-5-8(7)6-9;/h3-5,9H,6-8H2,1-2H3;2-3,5H,1H3;/q2*-1;. The van der Waals surface area contributed by atoms with Gasteiger partial charge in [-0.1, -0.05) is 30.1 Å². The molecule has 29 heavy (non-hydrogen) atoms. The molecule has 0 bridgehead atoms. The minimum atomic E-state index is 0. The number of hydrogen-bond acceptors (Lipinski definition) is 3. The average Bonchev–Trinajstić information content (AvgIpc) is 2.73. The first kappa shape index (κ1) is 23.3. The molecular formula is C23H22N4OTm-2. The van der Waals surface area contributed by atoms with Crippen molar-refractivity contribution in [3.05, 3.63) is 82.0 Å². The van der Waals surface area contributed by atoms with Gasteiger partial charge in [-0.15, -0.1) is 5.56 Å². The van der Waals surface area contributed by atoms with E-state index in [1.54, 1.807) is 12.1 Å². The van der Waals surface area contributed by atoms with Crippen LogP contribution >= 0.6 is 0 Å². The van der Waals surface area contributed by atoms with Gasteiger partial charge in [-0.2, -0.15) is 24.3 Å². The Morgan fingerprint density at radius 1 is 1.28 bits per heavy atom. The normalized spacial score (nSPS) is 12.8. The van der Waals surface area contributed by atoms with E-state index < -0.39 is 0 Å². The zero-order chi connectivity index (χ0) is 20.1. The first-order valence-electron chi connectivity index (χ1n) is 9.15. The number of nitrogens with zero attached hydrogens (tertiary/aromatic N) is 4. The monoisotopic (exact) mass is 539 g/mol. The van der Waals surface area contributed by atoms with E-state index in [-0.39, 0.29) is 42.4 Å². The van der Waals surface area contributed by atoms with E-state index in [1.165, 1.54) is 5.57 Å². The molecule has 1 radical (unpaired) electrons. The number of ether oxygens (including phenoxy) is 1. The average molecular weight is 539 g/mol. The summed E-state index contributed by atoms with van der Waals surface area (Å²) in [6.07, 6.45) is 3.01. The van der Waals surface area contributed by atoms with Gasteiger partial charge < -0.3 is 19.7 Å². The molecule has 6 heteroatoms.